The Morgan fingerprint density at radius 1 is 1.30 bits per heavy atom. The van der Waals surface area contributed by atoms with Crippen LogP contribution in [0.15, 0.2) is 36.5 Å². The monoisotopic (exact) mass is 313 g/mol. The molecule has 1 aliphatic rings. The van der Waals surface area contributed by atoms with Gasteiger partial charge < -0.3 is 10.6 Å². The molecule has 0 radical (unpaired) electrons. The van der Waals surface area contributed by atoms with E-state index < -0.39 is 0 Å². The Kier molecular flexibility index (Phi) is 6.20. The minimum atomic E-state index is 0. The Bertz CT molecular complexity index is 585. The molecule has 2 heterocycles. The third kappa shape index (κ3) is 3.60. The van der Waals surface area contributed by atoms with Crippen molar-refractivity contribution in [1.82, 2.24) is 10.3 Å². The first-order valence-corrected chi connectivity index (χ1v) is 6.19. The largest absolute Gasteiger partial charge is 0.324 e. The molecule has 1 amide bonds. The van der Waals surface area contributed by atoms with Gasteiger partial charge in [-0.2, -0.15) is 0 Å². The lowest BCUT2D eigenvalue weighted by Crippen LogP contribution is -2.24. The Hall–Kier alpha value is -1.36. The maximum Gasteiger partial charge on any atom is 0.228 e. The third-order valence-electron chi connectivity index (χ3n) is 3.29. The van der Waals surface area contributed by atoms with Crippen molar-refractivity contribution in [3.8, 4) is 0 Å². The number of hydrogen-bond acceptors (Lipinski definition) is 3. The molecule has 1 aromatic heterocycles. The van der Waals surface area contributed by atoms with Crippen LogP contribution in [0.5, 0.6) is 0 Å². The predicted octanol–water partition coefficient (Wildman–Crippen LogP) is 2.63. The molecule has 4 nitrogen and oxygen atoms in total. The number of pyridine rings is 1. The van der Waals surface area contributed by atoms with Crippen LogP contribution in [0.25, 0.3) is 10.9 Å². The number of fused-ring (bicyclic) bond motifs is 1. The second kappa shape index (κ2) is 7.43. The van der Waals surface area contributed by atoms with Crippen LogP contribution >= 0.6 is 24.8 Å². The molecule has 0 aliphatic carbocycles. The van der Waals surface area contributed by atoms with Gasteiger partial charge in [0.15, 0.2) is 0 Å². The Morgan fingerprint density at radius 3 is 2.85 bits per heavy atom. The Labute approximate surface area is 130 Å². The maximum absolute atomic E-state index is 12.0. The molecule has 2 aromatic rings. The molecule has 1 saturated heterocycles. The third-order valence-corrected chi connectivity index (χ3v) is 3.29. The number of nitrogens with one attached hydrogen (secondary N) is 2. The number of carbonyl (C=O) groups excluding carboxylic acids is 1. The normalized spacial score (nSPS) is 17.1. The van der Waals surface area contributed by atoms with E-state index in [2.05, 4.69) is 15.6 Å². The van der Waals surface area contributed by atoms with E-state index >= 15 is 0 Å². The van der Waals surface area contributed by atoms with Crippen LogP contribution in [0.2, 0.25) is 0 Å². The average molecular weight is 314 g/mol. The van der Waals surface area contributed by atoms with E-state index in [4.69, 9.17) is 0 Å². The molecule has 0 bridgehead atoms. The van der Waals surface area contributed by atoms with Crippen molar-refractivity contribution in [2.24, 2.45) is 5.92 Å². The summed E-state index contributed by atoms with van der Waals surface area (Å²) in [5.41, 5.74) is 1.71. The van der Waals surface area contributed by atoms with Crippen LogP contribution in [-0.2, 0) is 4.79 Å². The highest BCUT2D eigenvalue weighted by atomic mass is 35.5. The van der Waals surface area contributed by atoms with E-state index in [9.17, 15) is 4.79 Å². The molecule has 1 unspecified atom stereocenters. The zero-order chi connectivity index (χ0) is 12.4. The number of rotatable bonds is 2. The van der Waals surface area contributed by atoms with E-state index in [0.717, 1.165) is 36.1 Å². The van der Waals surface area contributed by atoms with Crippen LogP contribution in [0.1, 0.15) is 6.42 Å². The van der Waals surface area contributed by atoms with Crippen molar-refractivity contribution in [3.05, 3.63) is 36.5 Å². The molecule has 6 heteroatoms. The number of nitrogens with zero attached hydrogens (tertiary/aromatic N) is 1. The van der Waals surface area contributed by atoms with Crippen molar-refractivity contribution in [3.63, 3.8) is 0 Å². The molecule has 1 fully saturated rings. The van der Waals surface area contributed by atoms with Crippen molar-refractivity contribution in [2.75, 3.05) is 18.4 Å². The van der Waals surface area contributed by atoms with Crippen LogP contribution in [0.3, 0.4) is 0 Å². The fraction of sp³-hybridized carbons (Fsp3) is 0.286. The van der Waals surface area contributed by atoms with Gasteiger partial charge in [0, 0.05) is 11.9 Å². The molecular weight excluding hydrogens is 297 g/mol. The summed E-state index contributed by atoms with van der Waals surface area (Å²) in [4.78, 5) is 16.3. The average Bonchev–Trinajstić information content (AvgIpc) is 2.92. The first-order chi connectivity index (χ1) is 8.83. The SMILES string of the molecule is Cl.Cl.O=C(Nc1cnc2ccccc2c1)C1CCNC1. The molecule has 20 heavy (non-hydrogen) atoms. The van der Waals surface area contributed by atoms with Gasteiger partial charge in [-0.1, -0.05) is 18.2 Å². The lowest BCUT2D eigenvalue weighted by molar-refractivity contribution is -0.119. The van der Waals surface area contributed by atoms with Crippen LogP contribution in [-0.4, -0.2) is 24.0 Å². The standard InChI is InChI=1S/C14H15N3O.2ClH/c18-14(11-5-6-15-8-11)17-12-7-10-3-1-2-4-13(10)16-9-12;;/h1-4,7,9,11,15H,5-6,8H2,(H,17,18);2*1H. The van der Waals surface area contributed by atoms with Gasteiger partial charge in [-0.25, -0.2) is 0 Å². The lowest BCUT2D eigenvalue weighted by Gasteiger charge is -2.10. The summed E-state index contributed by atoms with van der Waals surface area (Å²) in [5, 5.41) is 7.17. The van der Waals surface area contributed by atoms with Crippen molar-refractivity contribution >= 4 is 47.3 Å². The first kappa shape index (κ1) is 16.7. The zero-order valence-electron chi connectivity index (χ0n) is 10.8. The van der Waals surface area contributed by atoms with E-state index in [-0.39, 0.29) is 36.6 Å². The summed E-state index contributed by atoms with van der Waals surface area (Å²) in [6.07, 6.45) is 2.62. The van der Waals surface area contributed by atoms with Crippen molar-refractivity contribution in [1.29, 1.82) is 0 Å². The number of carbonyl (C=O) groups is 1. The summed E-state index contributed by atoms with van der Waals surface area (Å²) in [6.45, 7) is 1.70. The maximum atomic E-state index is 12.0. The second-order valence-corrected chi connectivity index (χ2v) is 4.60. The second-order valence-electron chi connectivity index (χ2n) is 4.60. The highest BCUT2D eigenvalue weighted by Gasteiger charge is 2.22. The first-order valence-electron chi connectivity index (χ1n) is 6.19. The number of aromatic nitrogens is 1. The lowest BCUT2D eigenvalue weighted by atomic mass is 10.1. The summed E-state index contributed by atoms with van der Waals surface area (Å²) in [5.74, 6) is 0.161. The zero-order valence-corrected chi connectivity index (χ0v) is 12.5. The number of para-hydroxylation sites is 1. The number of benzene rings is 1. The van der Waals surface area contributed by atoms with Gasteiger partial charge in [0.25, 0.3) is 0 Å². The minimum absolute atomic E-state index is 0. The van der Waals surface area contributed by atoms with Crippen molar-refractivity contribution < 1.29 is 4.79 Å². The van der Waals surface area contributed by atoms with E-state index in [1.165, 1.54) is 0 Å². The Balaban J connectivity index is 0.000001000. The summed E-state index contributed by atoms with van der Waals surface area (Å²) >= 11 is 0. The number of anilines is 1. The molecular formula is C14H17Cl2N3O. The topological polar surface area (TPSA) is 54.0 Å². The predicted molar refractivity (Wildman–Crippen MR) is 85.8 cm³/mol. The van der Waals surface area contributed by atoms with Gasteiger partial charge in [0.1, 0.15) is 0 Å². The highest BCUT2D eigenvalue weighted by molar-refractivity contribution is 5.94. The fourth-order valence-electron chi connectivity index (χ4n) is 2.26. The van der Waals surface area contributed by atoms with E-state index in [0.29, 0.717) is 0 Å². The van der Waals surface area contributed by atoms with E-state index in [1.807, 2.05) is 30.3 Å². The Morgan fingerprint density at radius 2 is 2.10 bits per heavy atom. The molecule has 0 saturated carbocycles. The molecule has 108 valence electrons. The van der Waals surface area contributed by atoms with Crippen molar-refractivity contribution in [2.45, 2.75) is 6.42 Å². The molecule has 0 spiro atoms. The molecule has 2 N–H and O–H groups in total. The van der Waals surface area contributed by atoms with Crippen LogP contribution in [0.4, 0.5) is 5.69 Å². The smallest absolute Gasteiger partial charge is 0.228 e. The fourth-order valence-corrected chi connectivity index (χ4v) is 2.26. The molecule has 1 aromatic carbocycles. The number of amides is 1. The van der Waals surface area contributed by atoms with Gasteiger partial charge in [0.2, 0.25) is 5.91 Å². The number of halogens is 2. The highest BCUT2D eigenvalue weighted by Crippen LogP contribution is 2.17. The van der Waals surface area contributed by atoms with Gasteiger partial charge >= 0.3 is 0 Å². The van der Waals surface area contributed by atoms with Gasteiger partial charge in [0.05, 0.1) is 23.3 Å². The van der Waals surface area contributed by atoms with Gasteiger partial charge in [-0.05, 0) is 25.1 Å². The summed E-state index contributed by atoms with van der Waals surface area (Å²) < 4.78 is 0. The molecule has 3 rings (SSSR count). The van der Waals surface area contributed by atoms with Crippen LogP contribution < -0.4 is 10.6 Å². The minimum Gasteiger partial charge on any atom is -0.324 e. The summed E-state index contributed by atoms with van der Waals surface area (Å²) in [6, 6.07) is 9.84. The van der Waals surface area contributed by atoms with Gasteiger partial charge in [-0.15, -0.1) is 24.8 Å². The molecule has 1 atom stereocenters. The number of hydrogen-bond donors (Lipinski definition) is 2. The summed E-state index contributed by atoms with van der Waals surface area (Å²) in [7, 11) is 0. The molecule has 1 aliphatic heterocycles. The van der Waals surface area contributed by atoms with Gasteiger partial charge in [-0.3, -0.25) is 9.78 Å². The van der Waals surface area contributed by atoms with Crippen LogP contribution in [0, 0.1) is 5.92 Å². The van der Waals surface area contributed by atoms with E-state index in [1.54, 1.807) is 6.20 Å². The quantitative estimate of drug-likeness (QED) is 0.896.